The number of carbonyl (C=O) groups excluding carboxylic acids is 2. The van der Waals surface area contributed by atoms with Crippen molar-refractivity contribution in [2.45, 2.75) is 11.5 Å². The molecule has 1 aliphatic heterocycles. The lowest BCUT2D eigenvalue weighted by atomic mass is 10.2. The van der Waals surface area contributed by atoms with E-state index < -0.39 is 0 Å². The van der Waals surface area contributed by atoms with E-state index in [4.69, 9.17) is 9.47 Å². The number of ether oxygens (including phenoxy) is 2. The van der Waals surface area contributed by atoms with Gasteiger partial charge in [-0.2, -0.15) is 0 Å². The molecule has 1 aliphatic rings. The van der Waals surface area contributed by atoms with Crippen LogP contribution in [0.5, 0.6) is 5.75 Å². The number of nitrogens with one attached hydrogen (secondary N) is 1. The molecule has 3 rings (SSSR count). The average Bonchev–Trinajstić information content (AvgIpc) is 3.22. The molecule has 1 fully saturated rings. The van der Waals surface area contributed by atoms with E-state index in [1.54, 1.807) is 31.2 Å². The minimum atomic E-state index is -0.378. The van der Waals surface area contributed by atoms with Crippen LogP contribution in [0.2, 0.25) is 0 Å². The first kappa shape index (κ1) is 19.6. The van der Waals surface area contributed by atoms with Crippen LogP contribution in [0.3, 0.4) is 0 Å². The summed E-state index contributed by atoms with van der Waals surface area (Å²) in [6.07, 6.45) is 0. The van der Waals surface area contributed by atoms with Crippen LogP contribution in [0.1, 0.15) is 27.4 Å². The Morgan fingerprint density at radius 3 is 2.33 bits per heavy atom. The van der Waals surface area contributed by atoms with Crippen LogP contribution in [-0.2, 0) is 9.53 Å². The zero-order chi connectivity index (χ0) is 19.1. The van der Waals surface area contributed by atoms with Gasteiger partial charge in [0.25, 0.3) is 5.91 Å². The Morgan fingerprint density at radius 2 is 1.70 bits per heavy atom. The zero-order valence-corrected chi connectivity index (χ0v) is 16.6. The molecule has 1 amide bonds. The minimum Gasteiger partial charge on any atom is -0.484 e. The third kappa shape index (κ3) is 5.68. The first-order valence-electron chi connectivity index (χ1n) is 8.68. The van der Waals surface area contributed by atoms with Crippen LogP contribution in [0.4, 0.5) is 5.69 Å². The normalized spacial score (nSPS) is 14.0. The maximum atomic E-state index is 12.0. The number of carbonyl (C=O) groups is 2. The van der Waals surface area contributed by atoms with Gasteiger partial charge in [-0.15, -0.1) is 23.5 Å². The van der Waals surface area contributed by atoms with E-state index in [-0.39, 0.29) is 18.5 Å². The summed E-state index contributed by atoms with van der Waals surface area (Å²) < 4.78 is 11.0. The third-order valence-corrected chi connectivity index (χ3v) is 6.93. The van der Waals surface area contributed by atoms with E-state index in [9.17, 15) is 9.59 Å². The molecular weight excluding hydrogens is 382 g/mol. The molecule has 2 aromatic carbocycles. The van der Waals surface area contributed by atoms with Gasteiger partial charge in [0.2, 0.25) is 0 Å². The summed E-state index contributed by atoms with van der Waals surface area (Å²) in [6.45, 7) is 2.01. The van der Waals surface area contributed by atoms with Crippen molar-refractivity contribution in [1.82, 2.24) is 0 Å². The number of esters is 1. The molecule has 2 aromatic rings. The average molecular weight is 404 g/mol. The van der Waals surface area contributed by atoms with Crippen molar-refractivity contribution in [1.29, 1.82) is 0 Å². The van der Waals surface area contributed by atoms with Crippen LogP contribution in [0, 0.1) is 0 Å². The lowest BCUT2D eigenvalue weighted by Crippen LogP contribution is -2.20. The van der Waals surface area contributed by atoms with Gasteiger partial charge in [-0.25, -0.2) is 4.79 Å². The molecule has 0 atom stereocenters. The quantitative estimate of drug-likeness (QED) is 0.693. The monoisotopic (exact) mass is 403 g/mol. The van der Waals surface area contributed by atoms with Gasteiger partial charge >= 0.3 is 5.97 Å². The van der Waals surface area contributed by atoms with Crippen LogP contribution in [0.15, 0.2) is 48.5 Å². The maximum Gasteiger partial charge on any atom is 0.338 e. The lowest BCUT2D eigenvalue weighted by Gasteiger charge is -2.11. The van der Waals surface area contributed by atoms with Crippen molar-refractivity contribution in [2.75, 3.05) is 30.0 Å². The van der Waals surface area contributed by atoms with E-state index in [1.807, 2.05) is 35.7 Å². The summed E-state index contributed by atoms with van der Waals surface area (Å²) in [6, 6.07) is 14.5. The van der Waals surface area contributed by atoms with Crippen LogP contribution < -0.4 is 10.1 Å². The third-order valence-electron chi connectivity index (χ3n) is 3.82. The second-order valence-electron chi connectivity index (χ2n) is 5.78. The van der Waals surface area contributed by atoms with Gasteiger partial charge in [-0.05, 0) is 48.9 Å². The van der Waals surface area contributed by atoms with E-state index in [2.05, 4.69) is 17.4 Å². The highest BCUT2D eigenvalue weighted by Crippen LogP contribution is 2.45. The number of anilines is 1. The molecule has 1 saturated heterocycles. The van der Waals surface area contributed by atoms with Gasteiger partial charge in [0.15, 0.2) is 6.61 Å². The van der Waals surface area contributed by atoms with Crippen molar-refractivity contribution in [3.8, 4) is 5.75 Å². The fourth-order valence-corrected chi connectivity index (χ4v) is 5.38. The highest BCUT2D eigenvalue weighted by atomic mass is 32.2. The molecule has 0 radical (unpaired) electrons. The van der Waals surface area contributed by atoms with Crippen molar-refractivity contribution in [3.05, 3.63) is 59.7 Å². The van der Waals surface area contributed by atoms with E-state index in [0.717, 1.165) is 0 Å². The fraction of sp³-hybridized carbons (Fsp3) is 0.300. The van der Waals surface area contributed by atoms with Gasteiger partial charge in [-0.1, -0.05) is 12.1 Å². The Hall–Kier alpha value is -2.12. The van der Waals surface area contributed by atoms with Gasteiger partial charge in [0.05, 0.1) is 16.8 Å². The number of rotatable bonds is 7. The van der Waals surface area contributed by atoms with Crippen LogP contribution in [0.25, 0.3) is 0 Å². The molecule has 5 nitrogen and oxygen atoms in total. The smallest absolute Gasteiger partial charge is 0.338 e. The largest absolute Gasteiger partial charge is 0.484 e. The molecule has 0 bridgehead atoms. The summed E-state index contributed by atoms with van der Waals surface area (Å²) in [4.78, 5) is 23.7. The van der Waals surface area contributed by atoms with Crippen molar-refractivity contribution in [2.24, 2.45) is 0 Å². The summed E-state index contributed by atoms with van der Waals surface area (Å²) >= 11 is 3.91. The fourth-order valence-electron chi connectivity index (χ4n) is 2.52. The van der Waals surface area contributed by atoms with E-state index >= 15 is 0 Å². The second kappa shape index (κ2) is 9.71. The Kier molecular flexibility index (Phi) is 7.06. The number of amides is 1. The lowest BCUT2D eigenvalue weighted by molar-refractivity contribution is -0.118. The predicted molar refractivity (Wildman–Crippen MR) is 111 cm³/mol. The van der Waals surface area contributed by atoms with Gasteiger partial charge < -0.3 is 14.8 Å². The maximum absolute atomic E-state index is 12.0. The molecule has 142 valence electrons. The highest BCUT2D eigenvalue weighted by Gasteiger charge is 2.18. The summed E-state index contributed by atoms with van der Waals surface area (Å²) in [5, 5.41) is 2.74. The number of hydrogen-bond donors (Lipinski definition) is 1. The number of benzene rings is 2. The Labute approximate surface area is 167 Å². The molecule has 0 aromatic heterocycles. The van der Waals surface area contributed by atoms with Crippen molar-refractivity contribution >= 4 is 41.1 Å². The zero-order valence-electron chi connectivity index (χ0n) is 15.0. The van der Waals surface area contributed by atoms with E-state index in [1.165, 1.54) is 17.1 Å². The Bertz CT molecular complexity index is 772. The first-order valence-corrected chi connectivity index (χ1v) is 10.8. The second-order valence-corrected chi connectivity index (χ2v) is 8.50. The molecule has 0 aliphatic carbocycles. The summed E-state index contributed by atoms with van der Waals surface area (Å²) in [5.41, 5.74) is 2.33. The molecule has 0 spiro atoms. The Balaban J connectivity index is 1.47. The van der Waals surface area contributed by atoms with Gasteiger partial charge in [0.1, 0.15) is 5.75 Å². The topological polar surface area (TPSA) is 64.6 Å². The van der Waals surface area contributed by atoms with E-state index in [0.29, 0.717) is 28.2 Å². The molecule has 0 unspecified atom stereocenters. The summed E-state index contributed by atoms with van der Waals surface area (Å²) in [5.74, 6) is 2.41. The molecule has 7 heteroatoms. The number of hydrogen-bond acceptors (Lipinski definition) is 6. The van der Waals surface area contributed by atoms with Crippen LogP contribution in [-0.4, -0.2) is 36.6 Å². The minimum absolute atomic E-state index is 0.0775. The molecule has 1 heterocycles. The molecule has 27 heavy (non-hydrogen) atoms. The van der Waals surface area contributed by atoms with Crippen LogP contribution >= 0.6 is 23.5 Å². The molecule has 0 saturated carbocycles. The standard InChI is InChI=1S/C20H21NO4S2/c1-2-24-19(23)14-3-7-16(8-4-14)21-18(22)13-25-17-9-5-15(6-10-17)20-26-11-12-27-20/h3-10,20H,2,11-13H2,1H3,(H,21,22). The number of thioether (sulfide) groups is 2. The first-order chi connectivity index (χ1) is 13.2. The molecule has 1 N–H and O–H groups in total. The summed E-state index contributed by atoms with van der Waals surface area (Å²) in [7, 11) is 0. The SMILES string of the molecule is CCOC(=O)c1ccc(NC(=O)COc2ccc(C3SCCS3)cc2)cc1. The van der Waals surface area contributed by atoms with Crippen molar-refractivity contribution < 1.29 is 19.1 Å². The van der Waals surface area contributed by atoms with Gasteiger partial charge in [-0.3, -0.25) is 4.79 Å². The predicted octanol–water partition coefficient (Wildman–Crippen LogP) is 4.36. The van der Waals surface area contributed by atoms with Gasteiger partial charge in [0, 0.05) is 17.2 Å². The molecular formula is C20H21NO4S2. The Morgan fingerprint density at radius 1 is 1.04 bits per heavy atom. The highest BCUT2D eigenvalue weighted by molar-refractivity contribution is 8.19. The van der Waals surface area contributed by atoms with Crippen molar-refractivity contribution in [3.63, 3.8) is 0 Å².